The van der Waals surface area contributed by atoms with Gasteiger partial charge in [-0.3, -0.25) is 4.79 Å². The van der Waals surface area contributed by atoms with Crippen LogP contribution in [0.25, 0.3) is 10.1 Å². The number of carbonyl (C=O) groups excluding carboxylic acids is 1. The summed E-state index contributed by atoms with van der Waals surface area (Å²) in [6, 6.07) is 11.5. The molecule has 1 aromatic carbocycles. The molecule has 102 valence electrons. The lowest BCUT2D eigenvalue weighted by atomic mass is 10.2. The van der Waals surface area contributed by atoms with Gasteiger partial charge in [-0.1, -0.05) is 41.4 Å². The van der Waals surface area contributed by atoms with Crippen LogP contribution in [0.15, 0.2) is 36.4 Å². The molecule has 1 N–H and O–H groups in total. The summed E-state index contributed by atoms with van der Waals surface area (Å²) in [7, 11) is 0. The number of carbonyl (C=O) groups is 1. The second-order valence-electron chi connectivity index (χ2n) is 4.13. The first kappa shape index (κ1) is 13.9. The van der Waals surface area contributed by atoms with Gasteiger partial charge in [0.2, 0.25) is 0 Å². The first-order valence-electron chi connectivity index (χ1n) is 5.84. The first-order chi connectivity index (χ1) is 9.65. The lowest BCUT2D eigenvalue weighted by Crippen LogP contribution is -2.21. The number of halogens is 2. The van der Waals surface area contributed by atoms with E-state index in [0.29, 0.717) is 20.8 Å². The van der Waals surface area contributed by atoms with Crippen LogP contribution in [0.4, 0.5) is 0 Å². The van der Waals surface area contributed by atoms with Crippen LogP contribution in [0.5, 0.6) is 0 Å². The van der Waals surface area contributed by atoms with Crippen LogP contribution < -0.4 is 5.32 Å². The van der Waals surface area contributed by atoms with Crippen LogP contribution in [-0.4, -0.2) is 5.91 Å². The van der Waals surface area contributed by atoms with Gasteiger partial charge in [-0.2, -0.15) is 0 Å². The van der Waals surface area contributed by atoms with Gasteiger partial charge in [-0.25, -0.2) is 0 Å². The Balaban J connectivity index is 1.80. The molecule has 1 amide bonds. The minimum Gasteiger partial charge on any atom is -0.346 e. The molecular formula is C14H9Cl2NOS2. The monoisotopic (exact) mass is 341 g/mol. The molecule has 0 saturated heterocycles. The highest BCUT2D eigenvalue weighted by molar-refractivity contribution is 7.21. The van der Waals surface area contributed by atoms with Gasteiger partial charge in [0.05, 0.1) is 15.9 Å². The molecule has 6 heteroatoms. The number of benzene rings is 1. The van der Waals surface area contributed by atoms with Crippen molar-refractivity contribution in [3.05, 3.63) is 55.5 Å². The summed E-state index contributed by atoms with van der Waals surface area (Å²) in [5.41, 5.74) is 0. The number of fused-ring (bicyclic) bond motifs is 1. The predicted octanol–water partition coefficient (Wildman–Crippen LogP) is 5.20. The van der Waals surface area contributed by atoms with Gasteiger partial charge >= 0.3 is 0 Å². The molecule has 2 aromatic heterocycles. The zero-order valence-electron chi connectivity index (χ0n) is 10.2. The topological polar surface area (TPSA) is 29.1 Å². The molecule has 0 atom stereocenters. The molecule has 0 aliphatic rings. The Bertz CT molecular complexity index is 778. The summed E-state index contributed by atoms with van der Waals surface area (Å²) >= 11 is 15.0. The van der Waals surface area contributed by atoms with Crippen molar-refractivity contribution in [1.82, 2.24) is 5.32 Å². The fourth-order valence-corrected chi connectivity index (χ4v) is 4.32. The van der Waals surface area contributed by atoms with E-state index in [9.17, 15) is 4.79 Å². The Labute approximate surface area is 133 Å². The van der Waals surface area contributed by atoms with Gasteiger partial charge in [0.25, 0.3) is 5.91 Å². The number of rotatable bonds is 3. The Kier molecular flexibility index (Phi) is 3.98. The third kappa shape index (κ3) is 2.69. The van der Waals surface area contributed by atoms with Crippen molar-refractivity contribution in [3.8, 4) is 0 Å². The van der Waals surface area contributed by atoms with E-state index < -0.39 is 0 Å². The van der Waals surface area contributed by atoms with Crippen molar-refractivity contribution < 1.29 is 4.79 Å². The van der Waals surface area contributed by atoms with Gasteiger partial charge in [0.1, 0.15) is 4.88 Å². The SMILES string of the molecule is O=C(NCc1ccc(Cl)s1)c1sc2ccccc2c1Cl. The minimum atomic E-state index is -0.152. The molecule has 3 rings (SSSR count). The summed E-state index contributed by atoms with van der Waals surface area (Å²) < 4.78 is 1.73. The summed E-state index contributed by atoms with van der Waals surface area (Å²) in [4.78, 5) is 13.8. The predicted molar refractivity (Wildman–Crippen MR) is 87.3 cm³/mol. The maximum Gasteiger partial charge on any atom is 0.263 e. The maximum atomic E-state index is 12.2. The molecule has 0 bridgehead atoms. The molecule has 0 spiro atoms. The summed E-state index contributed by atoms with van der Waals surface area (Å²) in [6.07, 6.45) is 0. The molecule has 2 nitrogen and oxygen atoms in total. The van der Waals surface area contributed by atoms with Crippen LogP contribution in [0.3, 0.4) is 0 Å². The van der Waals surface area contributed by atoms with Crippen molar-refractivity contribution >= 4 is 61.9 Å². The number of thiophene rings is 2. The van der Waals surface area contributed by atoms with E-state index in [1.54, 1.807) is 0 Å². The van der Waals surface area contributed by atoms with Gasteiger partial charge in [0.15, 0.2) is 0 Å². The van der Waals surface area contributed by atoms with Crippen molar-refractivity contribution in [2.45, 2.75) is 6.54 Å². The average molecular weight is 342 g/mol. The van der Waals surface area contributed by atoms with Gasteiger partial charge < -0.3 is 5.32 Å². The van der Waals surface area contributed by atoms with E-state index in [2.05, 4.69) is 5.32 Å². The minimum absolute atomic E-state index is 0.152. The lowest BCUT2D eigenvalue weighted by molar-refractivity contribution is 0.0955. The van der Waals surface area contributed by atoms with Crippen LogP contribution >= 0.6 is 45.9 Å². The maximum absolute atomic E-state index is 12.2. The average Bonchev–Trinajstić information content (AvgIpc) is 3.01. The number of nitrogens with one attached hydrogen (secondary N) is 1. The third-order valence-electron chi connectivity index (χ3n) is 2.79. The van der Waals surface area contributed by atoms with E-state index in [1.165, 1.54) is 22.7 Å². The second-order valence-corrected chi connectivity index (χ2v) is 7.36. The molecule has 0 radical (unpaired) electrons. The highest BCUT2D eigenvalue weighted by atomic mass is 35.5. The van der Waals surface area contributed by atoms with Crippen LogP contribution in [0.1, 0.15) is 14.5 Å². The molecule has 0 fully saturated rings. The largest absolute Gasteiger partial charge is 0.346 e. The lowest BCUT2D eigenvalue weighted by Gasteiger charge is -2.01. The molecule has 20 heavy (non-hydrogen) atoms. The Morgan fingerprint density at radius 3 is 2.60 bits per heavy atom. The Morgan fingerprint density at radius 1 is 1.10 bits per heavy atom. The third-order valence-corrected chi connectivity index (χ3v) is 5.70. The smallest absolute Gasteiger partial charge is 0.263 e. The molecule has 3 aromatic rings. The van der Waals surface area contributed by atoms with E-state index in [4.69, 9.17) is 23.2 Å². The molecule has 2 heterocycles. The quantitative estimate of drug-likeness (QED) is 0.696. The fourth-order valence-electron chi connectivity index (χ4n) is 1.85. The first-order valence-corrected chi connectivity index (χ1v) is 8.23. The molecule has 0 aliphatic carbocycles. The van der Waals surface area contributed by atoms with Crippen molar-refractivity contribution in [2.24, 2.45) is 0 Å². The Hall–Kier alpha value is -1.07. The standard InChI is InChI=1S/C14H9Cl2NOS2/c15-11-6-5-8(19-11)7-17-14(18)13-12(16)9-3-1-2-4-10(9)20-13/h1-6H,7H2,(H,17,18). The highest BCUT2D eigenvalue weighted by Crippen LogP contribution is 2.35. The van der Waals surface area contributed by atoms with Crippen LogP contribution in [0.2, 0.25) is 9.36 Å². The van der Waals surface area contributed by atoms with E-state index in [1.807, 2.05) is 36.4 Å². The number of hydrogen-bond donors (Lipinski definition) is 1. The zero-order valence-corrected chi connectivity index (χ0v) is 13.3. The zero-order chi connectivity index (χ0) is 14.1. The van der Waals surface area contributed by atoms with E-state index >= 15 is 0 Å². The van der Waals surface area contributed by atoms with Gasteiger partial charge in [-0.15, -0.1) is 22.7 Å². The van der Waals surface area contributed by atoms with Gasteiger partial charge in [0, 0.05) is 15.0 Å². The summed E-state index contributed by atoms with van der Waals surface area (Å²) in [5.74, 6) is -0.152. The summed E-state index contributed by atoms with van der Waals surface area (Å²) in [6.45, 7) is 0.459. The van der Waals surface area contributed by atoms with Crippen molar-refractivity contribution in [2.75, 3.05) is 0 Å². The highest BCUT2D eigenvalue weighted by Gasteiger charge is 2.16. The second kappa shape index (κ2) is 5.74. The van der Waals surface area contributed by atoms with Crippen molar-refractivity contribution in [1.29, 1.82) is 0 Å². The molecule has 0 unspecified atom stereocenters. The Morgan fingerprint density at radius 2 is 1.90 bits per heavy atom. The van der Waals surface area contributed by atoms with Gasteiger partial charge in [-0.05, 0) is 18.2 Å². The van der Waals surface area contributed by atoms with E-state index in [0.717, 1.165) is 15.0 Å². The van der Waals surface area contributed by atoms with Crippen LogP contribution in [-0.2, 0) is 6.54 Å². The molecule has 0 aliphatic heterocycles. The fraction of sp³-hybridized carbons (Fsp3) is 0.0714. The molecule has 0 saturated carbocycles. The normalized spacial score (nSPS) is 10.9. The van der Waals surface area contributed by atoms with Crippen LogP contribution in [0, 0.1) is 0 Å². The number of hydrogen-bond acceptors (Lipinski definition) is 3. The number of amides is 1. The van der Waals surface area contributed by atoms with Crippen molar-refractivity contribution in [3.63, 3.8) is 0 Å². The van der Waals surface area contributed by atoms with E-state index in [-0.39, 0.29) is 5.91 Å². The summed E-state index contributed by atoms with van der Waals surface area (Å²) in [5, 5.41) is 4.31. The molecular weight excluding hydrogens is 333 g/mol.